The standard InChI is InChI=1S/C6H10F2N4S/c1-3-4(10-9)11-12(2)5(3)13-6(7)8/h6H,9H2,1-2H3,(H,10,11). The molecule has 13 heavy (non-hydrogen) atoms. The van der Waals surface area contributed by atoms with Gasteiger partial charge in [0, 0.05) is 12.6 Å². The van der Waals surface area contributed by atoms with Crippen LogP contribution in [0.25, 0.3) is 0 Å². The van der Waals surface area contributed by atoms with Crippen molar-refractivity contribution in [3.05, 3.63) is 5.56 Å². The number of anilines is 1. The summed E-state index contributed by atoms with van der Waals surface area (Å²) in [7, 11) is 1.60. The number of nitrogen functional groups attached to an aromatic ring is 1. The van der Waals surface area contributed by atoms with Crippen LogP contribution in [0.2, 0.25) is 0 Å². The summed E-state index contributed by atoms with van der Waals surface area (Å²) in [5, 5.41) is 4.33. The fourth-order valence-electron chi connectivity index (χ4n) is 1.00. The van der Waals surface area contributed by atoms with Crippen LogP contribution in [0, 0.1) is 6.92 Å². The van der Waals surface area contributed by atoms with E-state index >= 15 is 0 Å². The zero-order valence-electron chi connectivity index (χ0n) is 7.21. The number of nitrogens with one attached hydrogen (secondary N) is 1. The molecule has 1 rings (SSSR count). The molecule has 7 heteroatoms. The summed E-state index contributed by atoms with van der Waals surface area (Å²) in [5.41, 5.74) is 2.97. The molecule has 0 bridgehead atoms. The van der Waals surface area contributed by atoms with E-state index in [9.17, 15) is 8.78 Å². The van der Waals surface area contributed by atoms with Crippen LogP contribution in [0.15, 0.2) is 5.03 Å². The van der Waals surface area contributed by atoms with Crippen molar-refractivity contribution in [2.75, 3.05) is 5.43 Å². The number of thioether (sulfide) groups is 1. The van der Waals surface area contributed by atoms with Crippen LogP contribution in [0.3, 0.4) is 0 Å². The topological polar surface area (TPSA) is 55.9 Å². The van der Waals surface area contributed by atoms with Crippen molar-refractivity contribution in [1.82, 2.24) is 9.78 Å². The molecule has 0 saturated heterocycles. The minimum Gasteiger partial charge on any atom is -0.307 e. The van der Waals surface area contributed by atoms with Gasteiger partial charge in [-0.05, 0) is 18.7 Å². The van der Waals surface area contributed by atoms with Gasteiger partial charge in [-0.25, -0.2) is 5.84 Å². The number of aromatic nitrogens is 2. The van der Waals surface area contributed by atoms with Gasteiger partial charge in [0.05, 0.1) is 0 Å². The van der Waals surface area contributed by atoms with E-state index in [0.717, 1.165) is 0 Å². The van der Waals surface area contributed by atoms with E-state index in [4.69, 9.17) is 5.84 Å². The maximum absolute atomic E-state index is 12.1. The second-order valence-corrected chi connectivity index (χ2v) is 3.40. The van der Waals surface area contributed by atoms with Gasteiger partial charge in [0.2, 0.25) is 0 Å². The molecule has 4 nitrogen and oxygen atoms in total. The number of nitrogens with two attached hydrogens (primary N) is 1. The maximum atomic E-state index is 12.1. The summed E-state index contributed by atoms with van der Waals surface area (Å²) in [6.45, 7) is 1.69. The Morgan fingerprint density at radius 2 is 2.23 bits per heavy atom. The molecular formula is C6H10F2N4S. The Kier molecular flexibility index (Phi) is 3.10. The summed E-state index contributed by atoms with van der Waals surface area (Å²) in [6, 6.07) is 0. The molecule has 3 N–H and O–H groups in total. The minimum atomic E-state index is -2.44. The van der Waals surface area contributed by atoms with Crippen molar-refractivity contribution in [2.45, 2.75) is 17.7 Å². The van der Waals surface area contributed by atoms with Crippen LogP contribution in [0.5, 0.6) is 0 Å². The summed E-state index contributed by atoms with van der Waals surface area (Å²) >= 11 is 0.459. The zero-order chi connectivity index (χ0) is 10.0. The molecule has 0 unspecified atom stereocenters. The van der Waals surface area contributed by atoms with Crippen LogP contribution in [-0.4, -0.2) is 15.5 Å². The minimum absolute atomic E-state index is 0.419. The molecule has 1 aromatic rings. The molecule has 1 aromatic heterocycles. The number of hydrogen-bond acceptors (Lipinski definition) is 4. The quantitative estimate of drug-likeness (QED) is 0.447. The Bertz CT molecular complexity index is 299. The van der Waals surface area contributed by atoms with Crippen molar-refractivity contribution in [3.8, 4) is 0 Å². The van der Waals surface area contributed by atoms with E-state index in [1.807, 2.05) is 0 Å². The summed E-state index contributed by atoms with van der Waals surface area (Å²) in [4.78, 5) is 0. The maximum Gasteiger partial charge on any atom is 0.290 e. The van der Waals surface area contributed by atoms with Crippen LogP contribution in [0.1, 0.15) is 5.56 Å². The molecule has 0 radical (unpaired) electrons. The molecule has 0 fully saturated rings. The van der Waals surface area contributed by atoms with Gasteiger partial charge >= 0.3 is 0 Å². The second kappa shape index (κ2) is 3.93. The van der Waals surface area contributed by atoms with Gasteiger partial charge < -0.3 is 5.43 Å². The number of rotatable bonds is 3. The highest BCUT2D eigenvalue weighted by molar-refractivity contribution is 7.99. The Morgan fingerprint density at radius 1 is 1.62 bits per heavy atom. The van der Waals surface area contributed by atoms with Crippen molar-refractivity contribution in [3.63, 3.8) is 0 Å². The van der Waals surface area contributed by atoms with Gasteiger partial charge in [-0.3, -0.25) is 4.68 Å². The number of hydrazine groups is 1. The smallest absolute Gasteiger partial charge is 0.290 e. The monoisotopic (exact) mass is 208 g/mol. The zero-order valence-corrected chi connectivity index (χ0v) is 8.03. The fourth-order valence-corrected chi connectivity index (χ4v) is 1.64. The molecule has 0 aromatic carbocycles. The number of nitrogens with zero attached hydrogens (tertiary/aromatic N) is 2. The number of aryl methyl sites for hydroxylation is 1. The van der Waals surface area contributed by atoms with E-state index in [2.05, 4.69) is 10.5 Å². The van der Waals surface area contributed by atoms with E-state index in [1.54, 1.807) is 14.0 Å². The van der Waals surface area contributed by atoms with Crippen LogP contribution < -0.4 is 11.3 Å². The average Bonchev–Trinajstić information content (AvgIpc) is 2.31. The molecular weight excluding hydrogens is 198 g/mol. The molecule has 1 heterocycles. The SMILES string of the molecule is Cc1c(NN)nn(C)c1SC(F)F. The predicted octanol–water partition coefficient (Wildman–Crippen LogP) is 1.33. The van der Waals surface area contributed by atoms with E-state index in [-0.39, 0.29) is 0 Å². The number of halogens is 2. The highest BCUT2D eigenvalue weighted by Crippen LogP contribution is 2.30. The summed E-state index contributed by atoms with van der Waals surface area (Å²) in [6.07, 6.45) is 0. The highest BCUT2D eigenvalue weighted by atomic mass is 32.2. The lowest BCUT2D eigenvalue weighted by Gasteiger charge is -2.00. The lowest BCUT2D eigenvalue weighted by Crippen LogP contribution is -2.08. The first-order valence-corrected chi connectivity index (χ1v) is 4.39. The first-order valence-electron chi connectivity index (χ1n) is 3.51. The molecule has 0 aliphatic carbocycles. The van der Waals surface area contributed by atoms with Crippen LogP contribution in [-0.2, 0) is 7.05 Å². The first kappa shape index (κ1) is 10.3. The molecule has 0 amide bonds. The van der Waals surface area contributed by atoms with E-state index in [1.165, 1.54) is 4.68 Å². The second-order valence-electron chi connectivity index (χ2n) is 2.43. The number of alkyl halides is 2. The van der Waals surface area contributed by atoms with Crippen molar-refractivity contribution < 1.29 is 8.78 Å². The molecule has 0 atom stereocenters. The molecule has 74 valence electrons. The Balaban J connectivity index is 2.98. The normalized spacial score (nSPS) is 10.9. The van der Waals surface area contributed by atoms with Crippen molar-refractivity contribution >= 4 is 17.6 Å². The van der Waals surface area contributed by atoms with Crippen molar-refractivity contribution in [2.24, 2.45) is 12.9 Å². The predicted molar refractivity (Wildman–Crippen MR) is 47.6 cm³/mol. The van der Waals surface area contributed by atoms with E-state index in [0.29, 0.717) is 28.2 Å². The molecule has 0 spiro atoms. The van der Waals surface area contributed by atoms with Gasteiger partial charge in [0.1, 0.15) is 5.03 Å². The highest BCUT2D eigenvalue weighted by Gasteiger charge is 2.16. The van der Waals surface area contributed by atoms with Gasteiger partial charge in [-0.1, -0.05) is 0 Å². The Hall–Kier alpha value is -0.820. The summed E-state index contributed by atoms with van der Waals surface area (Å²) in [5.74, 6) is 3.12. The van der Waals surface area contributed by atoms with Gasteiger partial charge in [0.25, 0.3) is 5.76 Å². The van der Waals surface area contributed by atoms with Crippen LogP contribution >= 0.6 is 11.8 Å². The molecule has 0 aliphatic heterocycles. The Morgan fingerprint density at radius 3 is 2.62 bits per heavy atom. The third-order valence-corrected chi connectivity index (χ3v) is 2.53. The van der Waals surface area contributed by atoms with Gasteiger partial charge in [0.15, 0.2) is 5.82 Å². The van der Waals surface area contributed by atoms with E-state index < -0.39 is 5.76 Å². The third kappa shape index (κ3) is 2.10. The van der Waals surface area contributed by atoms with Crippen LogP contribution in [0.4, 0.5) is 14.6 Å². The first-order chi connectivity index (χ1) is 6.06. The summed E-state index contributed by atoms with van der Waals surface area (Å²) < 4.78 is 25.5. The Labute approximate surface area is 78.4 Å². The number of hydrogen-bond donors (Lipinski definition) is 2. The largest absolute Gasteiger partial charge is 0.307 e. The average molecular weight is 208 g/mol. The lowest BCUT2D eigenvalue weighted by molar-refractivity contribution is 0.251. The fraction of sp³-hybridized carbons (Fsp3) is 0.500. The molecule has 0 saturated carbocycles. The van der Waals surface area contributed by atoms with Gasteiger partial charge in [-0.2, -0.15) is 13.9 Å². The van der Waals surface area contributed by atoms with Crippen molar-refractivity contribution in [1.29, 1.82) is 0 Å². The molecule has 0 aliphatic rings. The lowest BCUT2D eigenvalue weighted by atomic mass is 10.4. The third-order valence-electron chi connectivity index (χ3n) is 1.56. The van der Waals surface area contributed by atoms with Gasteiger partial charge in [-0.15, -0.1) is 0 Å².